The van der Waals surface area contributed by atoms with E-state index in [9.17, 15) is 4.79 Å². The fourth-order valence-electron chi connectivity index (χ4n) is 2.52. The summed E-state index contributed by atoms with van der Waals surface area (Å²) < 4.78 is 4.69. The van der Waals surface area contributed by atoms with Gasteiger partial charge in [0.05, 0.1) is 12.2 Å². The number of amides is 1. The zero-order chi connectivity index (χ0) is 13.9. The van der Waals surface area contributed by atoms with Crippen LogP contribution < -0.4 is 5.32 Å². The van der Waals surface area contributed by atoms with Gasteiger partial charge < -0.3 is 5.32 Å². The molecule has 1 N–H and O–H groups in total. The highest BCUT2D eigenvalue weighted by Crippen LogP contribution is 2.20. The summed E-state index contributed by atoms with van der Waals surface area (Å²) in [7, 11) is 0. The summed E-state index contributed by atoms with van der Waals surface area (Å²) >= 11 is 0. The van der Waals surface area contributed by atoms with E-state index in [0.29, 0.717) is 23.3 Å². The third-order valence-electron chi connectivity index (χ3n) is 3.80. The largest absolute Gasteiger partial charge is 0.323 e. The number of fused-ring (bicyclic) bond motifs is 1. The van der Waals surface area contributed by atoms with Crippen LogP contribution in [0.1, 0.15) is 19.8 Å². The maximum absolute atomic E-state index is 12.1. The van der Waals surface area contributed by atoms with Gasteiger partial charge in [-0.2, -0.15) is 0 Å². The normalized spacial score (nSPS) is 17.4. The van der Waals surface area contributed by atoms with Gasteiger partial charge in [-0.3, -0.25) is 9.69 Å². The maximum atomic E-state index is 12.1. The molecule has 6 heteroatoms. The van der Waals surface area contributed by atoms with Crippen molar-refractivity contribution in [1.82, 2.24) is 15.2 Å². The summed E-state index contributed by atoms with van der Waals surface area (Å²) in [4.78, 5) is 14.3. The first-order chi connectivity index (χ1) is 9.72. The van der Waals surface area contributed by atoms with Crippen molar-refractivity contribution in [2.75, 3.05) is 25.0 Å². The van der Waals surface area contributed by atoms with E-state index in [1.165, 1.54) is 0 Å². The highest BCUT2D eigenvalue weighted by atomic mass is 16.6. The van der Waals surface area contributed by atoms with Gasteiger partial charge in [0, 0.05) is 0 Å². The van der Waals surface area contributed by atoms with E-state index in [0.717, 1.165) is 31.8 Å². The Labute approximate surface area is 117 Å². The molecule has 20 heavy (non-hydrogen) atoms. The van der Waals surface area contributed by atoms with Crippen LogP contribution in [-0.2, 0) is 4.79 Å². The van der Waals surface area contributed by atoms with E-state index in [2.05, 4.69) is 32.1 Å². The number of nitrogens with zero attached hydrogens (tertiary/aromatic N) is 3. The Kier molecular flexibility index (Phi) is 3.64. The molecule has 106 valence electrons. The van der Waals surface area contributed by atoms with Crippen molar-refractivity contribution in [3.63, 3.8) is 0 Å². The van der Waals surface area contributed by atoms with Gasteiger partial charge in [0.1, 0.15) is 5.52 Å². The molecule has 0 aliphatic carbocycles. The zero-order valence-electron chi connectivity index (χ0n) is 11.5. The van der Waals surface area contributed by atoms with Crippen molar-refractivity contribution in [3.05, 3.63) is 18.2 Å². The molecule has 1 aliphatic rings. The number of anilines is 1. The molecule has 0 spiro atoms. The number of carbonyl (C=O) groups is 1. The van der Waals surface area contributed by atoms with Crippen LogP contribution in [0.4, 0.5) is 5.69 Å². The standard InChI is InChI=1S/C14H18N4O2/c1-10-5-7-18(8-6-10)9-13(19)15-11-3-2-4-12-14(11)17-20-16-12/h2-4,10H,5-9H2,1H3,(H,15,19). The maximum Gasteiger partial charge on any atom is 0.238 e. The van der Waals surface area contributed by atoms with Gasteiger partial charge in [-0.15, -0.1) is 0 Å². The molecule has 6 nitrogen and oxygen atoms in total. The molecule has 1 aromatic heterocycles. The molecule has 2 heterocycles. The summed E-state index contributed by atoms with van der Waals surface area (Å²) in [6.07, 6.45) is 2.33. The van der Waals surface area contributed by atoms with Crippen LogP contribution in [0.15, 0.2) is 22.8 Å². The molecular weight excluding hydrogens is 256 g/mol. The van der Waals surface area contributed by atoms with Gasteiger partial charge in [0.15, 0.2) is 5.52 Å². The lowest BCUT2D eigenvalue weighted by Crippen LogP contribution is -2.38. The van der Waals surface area contributed by atoms with Crippen molar-refractivity contribution < 1.29 is 9.42 Å². The van der Waals surface area contributed by atoms with E-state index in [1.54, 1.807) is 6.07 Å². The summed E-state index contributed by atoms with van der Waals surface area (Å²) in [5.41, 5.74) is 1.89. The number of piperidine rings is 1. The first-order valence-corrected chi connectivity index (χ1v) is 6.96. The number of rotatable bonds is 3. The second-order valence-corrected chi connectivity index (χ2v) is 5.44. The van der Waals surface area contributed by atoms with Gasteiger partial charge in [-0.25, -0.2) is 4.63 Å². The van der Waals surface area contributed by atoms with Gasteiger partial charge in [-0.05, 0) is 54.3 Å². The topological polar surface area (TPSA) is 71.3 Å². The molecule has 0 saturated carbocycles. The summed E-state index contributed by atoms with van der Waals surface area (Å²) in [6.45, 7) is 4.67. The smallest absolute Gasteiger partial charge is 0.238 e. The fraction of sp³-hybridized carbons (Fsp3) is 0.500. The van der Waals surface area contributed by atoms with Crippen molar-refractivity contribution in [1.29, 1.82) is 0 Å². The molecule has 0 bridgehead atoms. The van der Waals surface area contributed by atoms with E-state index >= 15 is 0 Å². The Hall–Kier alpha value is -1.95. The van der Waals surface area contributed by atoms with Gasteiger partial charge in [-0.1, -0.05) is 13.0 Å². The highest BCUT2D eigenvalue weighted by Gasteiger charge is 2.18. The van der Waals surface area contributed by atoms with E-state index < -0.39 is 0 Å². The average Bonchev–Trinajstić information content (AvgIpc) is 2.91. The Morgan fingerprint density at radius 1 is 1.40 bits per heavy atom. The van der Waals surface area contributed by atoms with Crippen molar-refractivity contribution >= 4 is 22.6 Å². The number of aromatic nitrogens is 2. The predicted molar refractivity (Wildman–Crippen MR) is 75.3 cm³/mol. The summed E-state index contributed by atoms with van der Waals surface area (Å²) in [5.74, 6) is 0.749. The minimum atomic E-state index is -0.0185. The van der Waals surface area contributed by atoms with Crippen LogP contribution in [0.5, 0.6) is 0 Å². The Balaban J connectivity index is 1.63. The predicted octanol–water partition coefficient (Wildman–Crippen LogP) is 1.89. The van der Waals surface area contributed by atoms with E-state index in [1.807, 2.05) is 12.1 Å². The molecule has 1 saturated heterocycles. The Morgan fingerprint density at radius 3 is 3.00 bits per heavy atom. The number of hydrogen-bond acceptors (Lipinski definition) is 5. The quantitative estimate of drug-likeness (QED) is 0.925. The van der Waals surface area contributed by atoms with Crippen molar-refractivity contribution in [3.8, 4) is 0 Å². The fourth-order valence-corrected chi connectivity index (χ4v) is 2.52. The second kappa shape index (κ2) is 5.58. The molecule has 0 unspecified atom stereocenters. The first-order valence-electron chi connectivity index (χ1n) is 6.96. The SMILES string of the molecule is CC1CCN(CC(=O)Nc2cccc3nonc23)CC1. The molecular formula is C14H18N4O2. The lowest BCUT2D eigenvalue weighted by molar-refractivity contribution is -0.117. The molecule has 1 amide bonds. The van der Waals surface area contributed by atoms with Gasteiger partial charge >= 0.3 is 0 Å². The number of benzene rings is 1. The summed E-state index contributed by atoms with van der Waals surface area (Å²) in [6, 6.07) is 5.43. The molecule has 1 aliphatic heterocycles. The molecule has 1 fully saturated rings. The van der Waals surface area contributed by atoms with Gasteiger partial charge in [0.2, 0.25) is 5.91 Å². The third-order valence-corrected chi connectivity index (χ3v) is 3.80. The monoisotopic (exact) mass is 274 g/mol. The highest BCUT2D eigenvalue weighted by molar-refractivity contribution is 5.99. The third kappa shape index (κ3) is 2.80. The second-order valence-electron chi connectivity index (χ2n) is 5.44. The minimum absolute atomic E-state index is 0.0185. The summed E-state index contributed by atoms with van der Waals surface area (Å²) in [5, 5.41) is 10.5. The lowest BCUT2D eigenvalue weighted by atomic mass is 9.99. The number of likely N-dealkylation sites (tertiary alicyclic amines) is 1. The molecule has 3 rings (SSSR count). The molecule has 1 aromatic carbocycles. The van der Waals surface area contributed by atoms with Crippen LogP contribution >= 0.6 is 0 Å². The van der Waals surface area contributed by atoms with Crippen LogP contribution in [0.25, 0.3) is 11.0 Å². The van der Waals surface area contributed by atoms with Crippen molar-refractivity contribution in [2.24, 2.45) is 5.92 Å². The van der Waals surface area contributed by atoms with E-state index in [-0.39, 0.29) is 5.91 Å². The van der Waals surface area contributed by atoms with Gasteiger partial charge in [0.25, 0.3) is 0 Å². The first kappa shape index (κ1) is 13.1. The Bertz CT molecular complexity index is 602. The Morgan fingerprint density at radius 2 is 2.20 bits per heavy atom. The molecule has 2 aromatic rings. The van der Waals surface area contributed by atoms with Crippen LogP contribution in [0.3, 0.4) is 0 Å². The van der Waals surface area contributed by atoms with Crippen LogP contribution in [-0.4, -0.2) is 40.8 Å². The van der Waals surface area contributed by atoms with E-state index in [4.69, 9.17) is 0 Å². The number of hydrogen-bond donors (Lipinski definition) is 1. The number of carbonyl (C=O) groups excluding carboxylic acids is 1. The average molecular weight is 274 g/mol. The van der Waals surface area contributed by atoms with Crippen molar-refractivity contribution in [2.45, 2.75) is 19.8 Å². The number of nitrogens with one attached hydrogen (secondary N) is 1. The van der Waals surface area contributed by atoms with Crippen LogP contribution in [0, 0.1) is 5.92 Å². The van der Waals surface area contributed by atoms with Crippen LogP contribution in [0.2, 0.25) is 0 Å². The zero-order valence-corrected chi connectivity index (χ0v) is 11.5. The molecule has 0 radical (unpaired) electrons. The molecule has 0 atom stereocenters. The minimum Gasteiger partial charge on any atom is -0.323 e. The lowest BCUT2D eigenvalue weighted by Gasteiger charge is -2.29.